The molecule has 0 spiro atoms. The smallest absolute Gasteiger partial charge is 0.257 e. The lowest BCUT2D eigenvalue weighted by molar-refractivity contribution is 0.102. The van der Waals surface area contributed by atoms with Crippen LogP contribution in [-0.2, 0) is 0 Å². The number of thiazole rings is 1. The molecule has 0 aliphatic carbocycles. The van der Waals surface area contributed by atoms with Gasteiger partial charge in [0.2, 0.25) is 5.75 Å². The van der Waals surface area contributed by atoms with E-state index in [1.165, 1.54) is 35.1 Å². The molecule has 1 aliphatic rings. The van der Waals surface area contributed by atoms with Crippen molar-refractivity contribution in [1.82, 2.24) is 4.98 Å². The summed E-state index contributed by atoms with van der Waals surface area (Å²) in [5, 5.41) is 5.38. The monoisotopic (exact) mass is 410 g/mol. The highest BCUT2D eigenvalue weighted by Crippen LogP contribution is 2.40. The second-order valence-corrected chi connectivity index (χ2v) is 7.83. The van der Waals surface area contributed by atoms with E-state index in [1.807, 2.05) is 5.38 Å². The van der Waals surface area contributed by atoms with Crippen molar-refractivity contribution in [2.45, 2.75) is 20.8 Å². The van der Waals surface area contributed by atoms with Crippen molar-refractivity contribution in [3.8, 4) is 28.5 Å². The molecule has 2 heterocycles. The number of anilines is 1. The van der Waals surface area contributed by atoms with E-state index in [0.29, 0.717) is 41.2 Å². The fourth-order valence-electron chi connectivity index (χ4n) is 3.60. The predicted molar refractivity (Wildman–Crippen MR) is 114 cm³/mol. The van der Waals surface area contributed by atoms with Gasteiger partial charge in [-0.05, 0) is 44.0 Å². The predicted octanol–water partition coefficient (Wildman–Crippen LogP) is 4.77. The van der Waals surface area contributed by atoms with Crippen LogP contribution in [0.5, 0.6) is 17.2 Å². The summed E-state index contributed by atoms with van der Waals surface area (Å²) in [5.41, 5.74) is 5.95. The summed E-state index contributed by atoms with van der Waals surface area (Å²) in [6, 6.07) is 7.59. The number of methoxy groups -OCH3 is 1. The summed E-state index contributed by atoms with van der Waals surface area (Å²) in [4.78, 5) is 17.4. The van der Waals surface area contributed by atoms with E-state index in [1.54, 1.807) is 12.1 Å². The molecule has 1 amide bonds. The molecule has 150 valence electrons. The molecule has 7 heteroatoms. The highest BCUT2D eigenvalue weighted by atomic mass is 32.1. The molecule has 0 bridgehead atoms. The Hall–Kier alpha value is -3.06. The van der Waals surface area contributed by atoms with Crippen LogP contribution < -0.4 is 19.5 Å². The number of aryl methyl sites for hydroxylation is 3. The lowest BCUT2D eigenvalue weighted by atomic mass is 9.98. The first-order chi connectivity index (χ1) is 14.0. The van der Waals surface area contributed by atoms with Gasteiger partial charge < -0.3 is 14.2 Å². The molecule has 0 saturated carbocycles. The fraction of sp³-hybridized carbons (Fsp3) is 0.273. The third kappa shape index (κ3) is 3.78. The SMILES string of the molecule is COc1cc(C(=O)Nc2nc(-c3c(C)cc(C)cc3C)cs2)cc2c1OCCO2. The Morgan fingerprint density at radius 1 is 1.10 bits per heavy atom. The van der Waals surface area contributed by atoms with Crippen molar-refractivity contribution in [3.05, 3.63) is 51.9 Å². The minimum atomic E-state index is -0.279. The first kappa shape index (κ1) is 19.3. The number of carbonyl (C=O) groups excluding carboxylic acids is 1. The van der Waals surface area contributed by atoms with Crippen LogP contribution >= 0.6 is 11.3 Å². The van der Waals surface area contributed by atoms with E-state index in [0.717, 1.165) is 11.3 Å². The van der Waals surface area contributed by atoms with Gasteiger partial charge in [-0.1, -0.05) is 17.7 Å². The van der Waals surface area contributed by atoms with Crippen LogP contribution in [0.1, 0.15) is 27.0 Å². The Labute approximate surface area is 173 Å². The van der Waals surface area contributed by atoms with Gasteiger partial charge in [0.05, 0.1) is 12.8 Å². The first-order valence-corrected chi connectivity index (χ1v) is 10.2. The summed E-state index contributed by atoms with van der Waals surface area (Å²) in [7, 11) is 1.54. The average molecular weight is 410 g/mol. The summed E-state index contributed by atoms with van der Waals surface area (Å²) >= 11 is 1.40. The van der Waals surface area contributed by atoms with E-state index in [9.17, 15) is 4.79 Å². The number of fused-ring (bicyclic) bond motifs is 1. The van der Waals surface area contributed by atoms with Crippen molar-refractivity contribution < 1.29 is 19.0 Å². The van der Waals surface area contributed by atoms with Crippen LogP contribution in [0.3, 0.4) is 0 Å². The van der Waals surface area contributed by atoms with Gasteiger partial charge in [-0.3, -0.25) is 10.1 Å². The zero-order valence-electron chi connectivity index (χ0n) is 16.8. The van der Waals surface area contributed by atoms with Crippen molar-refractivity contribution in [2.75, 3.05) is 25.6 Å². The Balaban J connectivity index is 1.59. The maximum absolute atomic E-state index is 12.8. The highest BCUT2D eigenvalue weighted by molar-refractivity contribution is 7.14. The fourth-order valence-corrected chi connectivity index (χ4v) is 4.30. The molecule has 1 N–H and O–H groups in total. The highest BCUT2D eigenvalue weighted by Gasteiger charge is 2.21. The topological polar surface area (TPSA) is 69.7 Å². The number of aromatic nitrogens is 1. The van der Waals surface area contributed by atoms with Gasteiger partial charge in [0.1, 0.15) is 13.2 Å². The molecule has 0 unspecified atom stereocenters. The lowest BCUT2D eigenvalue weighted by Gasteiger charge is -2.21. The number of nitrogens with one attached hydrogen (secondary N) is 1. The van der Waals surface area contributed by atoms with Crippen LogP contribution in [0.25, 0.3) is 11.3 Å². The molecule has 1 aliphatic heterocycles. The molecule has 1 aromatic heterocycles. The number of hydrogen-bond acceptors (Lipinski definition) is 6. The normalized spacial score (nSPS) is 12.6. The Morgan fingerprint density at radius 3 is 2.55 bits per heavy atom. The molecule has 29 heavy (non-hydrogen) atoms. The summed E-state index contributed by atoms with van der Waals surface area (Å²) in [6.45, 7) is 7.13. The van der Waals surface area contributed by atoms with Gasteiger partial charge in [-0.2, -0.15) is 0 Å². The number of nitrogens with zero attached hydrogens (tertiary/aromatic N) is 1. The minimum absolute atomic E-state index is 0.279. The second-order valence-electron chi connectivity index (χ2n) is 6.97. The van der Waals surface area contributed by atoms with E-state index < -0.39 is 0 Å². The third-order valence-electron chi connectivity index (χ3n) is 4.75. The summed E-state index contributed by atoms with van der Waals surface area (Å²) in [5.74, 6) is 1.22. The number of ether oxygens (including phenoxy) is 3. The molecule has 2 aromatic carbocycles. The minimum Gasteiger partial charge on any atom is -0.493 e. The molecule has 6 nitrogen and oxygen atoms in total. The first-order valence-electron chi connectivity index (χ1n) is 9.29. The zero-order chi connectivity index (χ0) is 20.5. The van der Waals surface area contributed by atoms with Gasteiger partial charge >= 0.3 is 0 Å². The standard InChI is InChI=1S/C22H22N2O4S/c1-12-7-13(2)19(14(3)8-12)16-11-29-22(23-16)24-21(25)15-9-17(26-4)20-18(10-15)27-5-6-28-20/h7-11H,5-6H2,1-4H3,(H,23,24,25). The zero-order valence-corrected chi connectivity index (χ0v) is 17.6. The number of carbonyl (C=O) groups is 1. The lowest BCUT2D eigenvalue weighted by Crippen LogP contribution is -2.18. The molecule has 0 radical (unpaired) electrons. The van der Waals surface area contributed by atoms with Gasteiger partial charge in [-0.15, -0.1) is 11.3 Å². The van der Waals surface area contributed by atoms with Crippen molar-refractivity contribution >= 4 is 22.4 Å². The van der Waals surface area contributed by atoms with Crippen LogP contribution in [-0.4, -0.2) is 31.2 Å². The van der Waals surface area contributed by atoms with E-state index in [-0.39, 0.29) is 5.91 Å². The molecule has 0 atom stereocenters. The van der Waals surface area contributed by atoms with E-state index >= 15 is 0 Å². The summed E-state index contributed by atoms with van der Waals surface area (Å²) in [6.07, 6.45) is 0. The van der Waals surface area contributed by atoms with Crippen molar-refractivity contribution in [3.63, 3.8) is 0 Å². The largest absolute Gasteiger partial charge is 0.493 e. The van der Waals surface area contributed by atoms with Gasteiger partial charge in [0, 0.05) is 16.5 Å². The van der Waals surface area contributed by atoms with Crippen LogP contribution in [0.2, 0.25) is 0 Å². The molecular formula is C22H22N2O4S. The Bertz CT molecular complexity index is 1050. The summed E-state index contributed by atoms with van der Waals surface area (Å²) < 4.78 is 16.5. The molecular weight excluding hydrogens is 388 g/mol. The molecule has 0 saturated heterocycles. The van der Waals surface area contributed by atoms with Gasteiger partial charge in [0.25, 0.3) is 5.91 Å². The van der Waals surface area contributed by atoms with Crippen molar-refractivity contribution in [1.29, 1.82) is 0 Å². The van der Waals surface area contributed by atoms with E-state index in [2.05, 4.69) is 43.2 Å². The van der Waals surface area contributed by atoms with E-state index in [4.69, 9.17) is 14.2 Å². The van der Waals surface area contributed by atoms with Gasteiger partial charge in [0.15, 0.2) is 16.6 Å². The van der Waals surface area contributed by atoms with Crippen LogP contribution in [0.4, 0.5) is 5.13 Å². The van der Waals surface area contributed by atoms with Crippen molar-refractivity contribution in [2.24, 2.45) is 0 Å². The second kappa shape index (κ2) is 7.75. The van der Waals surface area contributed by atoms with Gasteiger partial charge in [-0.25, -0.2) is 4.98 Å². The number of amides is 1. The number of rotatable bonds is 4. The molecule has 3 aromatic rings. The number of benzene rings is 2. The molecule has 0 fully saturated rings. The number of hydrogen-bond donors (Lipinski definition) is 1. The molecule has 4 rings (SSSR count). The third-order valence-corrected chi connectivity index (χ3v) is 5.51. The Kier molecular flexibility index (Phi) is 5.15. The van der Waals surface area contributed by atoms with Crippen LogP contribution in [0, 0.1) is 20.8 Å². The Morgan fingerprint density at radius 2 is 1.83 bits per heavy atom. The maximum Gasteiger partial charge on any atom is 0.257 e. The quantitative estimate of drug-likeness (QED) is 0.671. The van der Waals surface area contributed by atoms with Crippen LogP contribution in [0.15, 0.2) is 29.6 Å². The average Bonchev–Trinajstić information content (AvgIpc) is 3.14. The maximum atomic E-state index is 12.8.